The zero-order chi connectivity index (χ0) is 17.9. The molecule has 1 aliphatic rings. The van der Waals surface area contributed by atoms with Crippen molar-refractivity contribution in [2.24, 2.45) is 0 Å². The Morgan fingerprint density at radius 2 is 2.04 bits per heavy atom. The van der Waals surface area contributed by atoms with Crippen LogP contribution in [-0.2, 0) is 4.79 Å². The lowest BCUT2D eigenvalue weighted by Crippen LogP contribution is -2.50. The molecule has 132 valence electrons. The van der Waals surface area contributed by atoms with Crippen molar-refractivity contribution in [2.45, 2.75) is 24.9 Å². The highest BCUT2D eigenvalue weighted by atomic mass is 16.3. The third-order valence-electron chi connectivity index (χ3n) is 4.55. The van der Waals surface area contributed by atoms with E-state index in [0.29, 0.717) is 13.0 Å². The number of amides is 1. The molecule has 1 fully saturated rings. The summed E-state index contributed by atoms with van der Waals surface area (Å²) in [6.07, 6.45) is 5.02. The minimum atomic E-state index is -1.02. The summed E-state index contributed by atoms with van der Waals surface area (Å²) in [5, 5.41) is 10.9. The van der Waals surface area contributed by atoms with Crippen molar-refractivity contribution in [3.8, 4) is 11.3 Å². The fourth-order valence-corrected chi connectivity index (χ4v) is 3.15. The normalized spacial score (nSPS) is 20.4. The zero-order valence-corrected chi connectivity index (χ0v) is 14.7. The molecule has 25 heavy (non-hydrogen) atoms. The molecule has 1 aliphatic heterocycles. The minimum Gasteiger partial charge on any atom is -0.388 e. The van der Waals surface area contributed by atoms with Crippen molar-refractivity contribution in [3.63, 3.8) is 0 Å². The van der Waals surface area contributed by atoms with Gasteiger partial charge in [-0.15, -0.1) is 0 Å². The van der Waals surface area contributed by atoms with Crippen LogP contribution in [0.5, 0.6) is 0 Å². The quantitative estimate of drug-likeness (QED) is 0.921. The van der Waals surface area contributed by atoms with Crippen molar-refractivity contribution in [3.05, 3.63) is 42.7 Å². The topological polar surface area (TPSA) is 69.6 Å². The van der Waals surface area contributed by atoms with Gasteiger partial charge in [-0.05, 0) is 12.8 Å². The highest BCUT2D eigenvalue weighted by molar-refractivity contribution is 5.76. The van der Waals surface area contributed by atoms with Gasteiger partial charge in [-0.1, -0.05) is 30.3 Å². The van der Waals surface area contributed by atoms with Gasteiger partial charge < -0.3 is 14.9 Å². The maximum absolute atomic E-state index is 12.0. The molecule has 1 N–H and O–H groups in total. The predicted molar refractivity (Wildman–Crippen MR) is 97.2 cm³/mol. The molecule has 6 nitrogen and oxygen atoms in total. The van der Waals surface area contributed by atoms with Crippen molar-refractivity contribution in [1.29, 1.82) is 0 Å². The van der Waals surface area contributed by atoms with E-state index in [1.807, 2.05) is 35.2 Å². The maximum atomic E-state index is 12.0. The molecule has 0 aliphatic carbocycles. The number of hydrogen-bond donors (Lipinski definition) is 1. The van der Waals surface area contributed by atoms with E-state index in [2.05, 4.69) is 4.98 Å². The standard InChI is InChI=1S/C19H24N4O2/c1-22(2)18(24)11-19(25)9-6-10-23(14-19)17-13-20-12-16(21-17)15-7-4-3-5-8-15/h3-5,7-8,12-13,25H,6,9-11,14H2,1-2H3. The number of carbonyl (C=O) groups is 1. The SMILES string of the molecule is CN(C)C(=O)CC1(O)CCCN(c2cncc(-c3ccccc3)n2)C1. The number of piperidine rings is 1. The Hall–Kier alpha value is -2.47. The summed E-state index contributed by atoms with van der Waals surface area (Å²) in [6, 6.07) is 9.89. The number of aromatic nitrogens is 2. The zero-order valence-electron chi connectivity index (χ0n) is 14.7. The molecule has 0 radical (unpaired) electrons. The van der Waals surface area contributed by atoms with E-state index in [-0.39, 0.29) is 12.3 Å². The third-order valence-corrected chi connectivity index (χ3v) is 4.55. The van der Waals surface area contributed by atoms with E-state index in [0.717, 1.165) is 30.0 Å². The molecule has 2 heterocycles. The Balaban J connectivity index is 1.79. The van der Waals surface area contributed by atoms with Crippen molar-refractivity contribution in [2.75, 3.05) is 32.1 Å². The van der Waals surface area contributed by atoms with Gasteiger partial charge in [-0.25, -0.2) is 4.98 Å². The van der Waals surface area contributed by atoms with Crippen LogP contribution in [0.15, 0.2) is 42.7 Å². The summed E-state index contributed by atoms with van der Waals surface area (Å²) < 4.78 is 0. The van der Waals surface area contributed by atoms with Crippen LogP contribution in [-0.4, -0.2) is 58.7 Å². The van der Waals surface area contributed by atoms with Gasteiger partial charge in [-0.3, -0.25) is 9.78 Å². The number of carbonyl (C=O) groups excluding carboxylic acids is 1. The first-order chi connectivity index (χ1) is 12.0. The summed E-state index contributed by atoms with van der Waals surface area (Å²) in [5.74, 6) is 0.672. The van der Waals surface area contributed by atoms with E-state index in [4.69, 9.17) is 4.98 Å². The van der Waals surface area contributed by atoms with Crippen LogP contribution in [0.3, 0.4) is 0 Å². The molecule has 0 saturated carbocycles. The van der Waals surface area contributed by atoms with Gasteiger partial charge in [-0.2, -0.15) is 0 Å². The van der Waals surface area contributed by atoms with E-state index in [1.165, 1.54) is 4.90 Å². The van der Waals surface area contributed by atoms with Crippen LogP contribution in [0.1, 0.15) is 19.3 Å². The molecule has 1 atom stereocenters. The lowest BCUT2D eigenvalue weighted by Gasteiger charge is -2.39. The first kappa shape index (κ1) is 17.4. The van der Waals surface area contributed by atoms with Crippen LogP contribution < -0.4 is 4.90 Å². The molecule has 1 unspecified atom stereocenters. The summed E-state index contributed by atoms with van der Waals surface area (Å²) in [5.41, 5.74) is 0.785. The molecule has 6 heteroatoms. The van der Waals surface area contributed by atoms with Gasteiger partial charge in [0.15, 0.2) is 0 Å². The van der Waals surface area contributed by atoms with Gasteiger partial charge in [0.05, 0.1) is 30.1 Å². The Morgan fingerprint density at radius 1 is 1.28 bits per heavy atom. The van der Waals surface area contributed by atoms with Crippen LogP contribution in [0, 0.1) is 0 Å². The lowest BCUT2D eigenvalue weighted by atomic mass is 9.89. The van der Waals surface area contributed by atoms with Crippen LogP contribution >= 0.6 is 0 Å². The summed E-state index contributed by atoms with van der Waals surface area (Å²) in [7, 11) is 3.42. The average Bonchev–Trinajstić information content (AvgIpc) is 2.62. The molecular weight excluding hydrogens is 316 g/mol. The number of nitrogens with zero attached hydrogens (tertiary/aromatic N) is 4. The second kappa shape index (κ2) is 7.19. The fraction of sp³-hybridized carbons (Fsp3) is 0.421. The molecule has 0 bridgehead atoms. The summed E-state index contributed by atoms with van der Waals surface area (Å²) in [4.78, 5) is 24.6. The Morgan fingerprint density at radius 3 is 2.76 bits per heavy atom. The van der Waals surface area contributed by atoms with Crippen molar-refractivity contribution >= 4 is 11.7 Å². The number of anilines is 1. The Labute approximate surface area is 148 Å². The van der Waals surface area contributed by atoms with E-state index in [1.54, 1.807) is 26.5 Å². The van der Waals surface area contributed by atoms with Crippen molar-refractivity contribution < 1.29 is 9.90 Å². The lowest BCUT2D eigenvalue weighted by molar-refractivity contribution is -0.134. The molecule has 3 rings (SSSR count). The molecular formula is C19H24N4O2. The molecule has 0 spiro atoms. The van der Waals surface area contributed by atoms with Crippen molar-refractivity contribution in [1.82, 2.24) is 14.9 Å². The highest BCUT2D eigenvalue weighted by Gasteiger charge is 2.36. The smallest absolute Gasteiger partial charge is 0.225 e. The van der Waals surface area contributed by atoms with Crippen LogP contribution in [0.2, 0.25) is 0 Å². The molecule has 1 aromatic carbocycles. The second-order valence-corrected chi connectivity index (χ2v) is 6.84. The third kappa shape index (κ3) is 4.14. The monoisotopic (exact) mass is 340 g/mol. The summed E-state index contributed by atoms with van der Waals surface area (Å²) in [6.45, 7) is 1.19. The fourth-order valence-electron chi connectivity index (χ4n) is 3.15. The van der Waals surface area contributed by atoms with Gasteiger partial charge in [0.25, 0.3) is 0 Å². The van der Waals surface area contributed by atoms with Gasteiger partial charge in [0, 0.05) is 32.7 Å². The van der Waals surface area contributed by atoms with E-state index < -0.39 is 5.60 Å². The second-order valence-electron chi connectivity index (χ2n) is 6.84. The maximum Gasteiger partial charge on any atom is 0.225 e. The number of hydrogen-bond acceptors (Lipinski definition) is 5. The predicted octanol–water partition coefficient (Wildman–Crippen LogP) is 1.95. The van der Waals surface area contributed by atoms with Crippen LogP contribution in [0.4, 0.5) is 5.82 Å². The van der Waals surface area contributed by atoms with Crippen LogP contribution in [0.25, 0.3) is 11.3 Å². The number of benzene rings is 1. The number of β-amino-alcohol motifs (C(OH)–C–C–N with tert-alkyl or cyclic N) is 1. The van der Waals surface area contributed by atoms with Gasteiger partial charge in [0.1, 0.15) is 5.82 Å². The Kier molecular flexibility index (Phi) is 4.99. The number of rotatable bonds is 4. The average molecular weight is 340 g/mol. The molecule has 1 aromatic heterocycles. The molecule has 1 amide bonds. The first-order valence-corrected chi connectivity index (χ1v) is 8.52. The molecule has 2 aromatic rings. The van der Waals surface area contributed by atoms with Gasteiger partial charge >= 0.3 is 0 Å². The highest BCUT2D eigenvalue weighted by Crippen LogP contribution is 2.28. The largest absolute Gasteiger partial charge is 0.388 e. The number of aliphatic hydroxyl groups is 1. The minimum absolute atomic E-state index is 0.0616. The van der Waals surface area contributed by atoms with Gasteiger partial charge in [0.2, 0.25) is 5.91 Å². The first-order valence-electron chi connectivity index (χ1n) is 8.52. The summed E-state index contributed by atoms with van der Waals surface area (Å²) >= 11 is 0. The Bertz CT molecular complexity index is 735. The van der Waals surface area contributed by atoms with E-state index >= 15 is 0 Å². The van der Waals surface area contributed by atoms with E-state index in [9.17, 15) is 9.90 Å². The molecule has 1 saturated heterocycles.